The van der Waals surface area contributed by atoms with Gasteiger partial charge in [0.2, 0.25) is 5.91 Å². The molecule has 0 saturated heterocycles. The van der Waals surface area contributed by atoms with Crippen LogP contribution >= 0.6 is 0 Å². The molecule has 4 heteroatoms. The lowest BCUT2D eigenvalue weighted by atomic mass is 9.85. The van der Waals surface area contributed by atoms with Gasteiger partial charge in [0.15, 0.2) is 0 Å². The average Bonchev–Trinajstić information content (AvgIpc) is 2.46. The molecule has 4 nitrogen and oxygen atoms in total. The number of para-hydroxylation sites is 1. The van der Waals surface area contributed by atoms with Gasteiger partial charge in [-0.3, -0.25) is 4.79 Å². The van der Waals surface area contributed by atoms with Crippen molar-refractivity contribution in [2.75, 3.05) is 11.9 Å². The SMILES string of the molecule is CC(=O)Nc1ccccc1CNC1CCCCC1CO. The second-order valence-corrected chi connectivity index (χ2v) is 5.55. The lowest BCUT2D eigenvalue weighted by Gasteiger charge is -2.31. The second kappa shape index (κ2) is 7.41. The summed E-state index contributed by atoms with van der Waals surface area (Å²) in [6.45, 7) is 2.50. The fourth-order valence-corrected chi connectivity index (χ4v) is 2.92. The van der Waals surface area contributed by atoms with E-state index in [-0.39, 0.29) is 12.5 Å². The van der Waals surface area contributed by atoms with Gasteiger partial charge >= 0.3 is 0 Å². The van der Waals surface area contributed by atoms with E-state index in [1.165, 1.54) is 19.8 Å². The van der Waals surface area contributed by atoms with Crippen LogP contribution in [0, 0.1) is 5.92 Å². The number of carbonyl (C=O) groups is 1. The van der Waals surface area contributed by atoms with Crippen LogP contribution in [0.2, 0.25) is 0 Å². The van der Waals surface area contributed by atoms with Crippen LogP contribution in [0.3, 0.4) is 0 Å². The fourth-order valence-electron chi connectivity index (χ4n) is 2.92. The van der Waals surface area contributed by atoms with Gasteiger partial charge in [-0.25, -0.2) is 0 Å². The predicted molar refractivity (Wildman–Crippen MR) is 80.4 cm³/mol. The number of hydrogen-bond donors (Lipinski definition) is 3. The highest BCUT2D eigenvalue weighted by Gasteiger charge is 2.23. The molecule has 2 atom stereocenters. The molecule has 1 aromatic rings. The standard InChI is InChI=1S/C16H24N2O2/c1-12(20)18-16-9-5-2-6-13(16)10-17-15-8-4-3-7-14(15)11-19/h2,5-6,9,14-15,17,19H,3-4,7-8,10-11H2,1H3,(H,18,20). The van der Waals surface area contributed by atoms with Gasteiger partial charge < -0.3 is 15.7 Å². The maximum atomic E-state index is 11.2. The zero-order chi connectivity index (χ0) is 14.4. The molecule has 1 aliphatic rings. The molecule has 3 N–H and O–H groups in total. The number of benzene rings is 1. The molecule has 0 radical (unpaired) electrons. The third-order valence-corrected chi connectivity index (χ3v) is 4.03. The summed E-state index contributed by atoms with van der Waals surface area (Å²) in [5.74, 6) is 0.306. The first kappa shape index (κ1) is 15.0. The first-order chi connectivity index (χ1) is 9.70. The van der Waals surface area contributed by atoms with Crippen molar-refractivity contribution >= 4 is 11.6 Å². The smallest absolute Gasteiger partial charge is 0.221 e. The number of anilines is 1. The Morgan fingerprint density at radius 3 is 2.80 bits per heavy atom. The van der Waals surface area contributed by atoms with Crippen LogP contribution in [0.1, 0.15) is 38.2 Å². The van der Waals surface area contributed by atoms with E-state index < -0.39 is 0 Å². The van der Waals surface area contributed by atoms with Crippen LogP contribution in [0.4, 0.5) is 5.69 Å². The third kappa shape index (κ3) is 4.05. The van der Waals surface area contributed by atoms with E-state index in [9.17, 15) is 9.90 Å². The maximum Gasteiger partial charge on any atom is 0.221 e. The molecule has 2 rings (SSSR count). The summed E-state index contributed by atoms with van der Waals surface area (Å²) >= 11 is 0. The Bertz CT molecular complexity index is 448. The van der Waals surface area contributed by atoms with Gasteiger partial charge in [0.1, 0.15) is 0 Å². The molecule has 0 aliphatic heterocycles. The van der Waals surface area contributed by atoms with E-state index in [1.54, 1.807) is 0 Å². The topological polar surface area (TPSA) is 61.4 Å². The highest BCUT2D eigenvalue weighted by molar-refractivity contribution is 5.89. The van der Waals surface area contributed by atoms with Gasteiger partial charge in [-0.1, -0.05) is 31.0 Å². The minimum Gasteiger partial charge on any atom is -0.396 e. The highest BCUT2D eigenvalue weighted by Crippen LogP contribution is 2.25. The Morgan fingerprint density at radius 1 is 1.30 bits per heavy atom. The number of aliphatic hydroxyl groups is 1. The van der Waals surface area contributed by atoms with Crippen molar-refractivity contribution < 1.29 is 9.90 Å². The maximum absolute atomic E-state index is 11.2. The molecule has 0 aromatic heterocycles. The Kier molecular flexibility index (Phi) is 5.56. The van der Waals surface area contributed by atoms with E-state index in [1.807, 2.05) is 24.3 Å². The summed E-state index contributed by atoms with van der Waals surface area (Å²) in [6, 6.07) is 8.22. The Morgan fingerprint density at radius 2 is 2.05 bits per heavy atom. The number of carbonyl (C=O) groups excluding carboxylic acids is 1. The molecule has 0 heterocycles. The number of nitrogens with one attached hydrogen (secondary N) is 2. The summed E-state index contributed by atoms with van der Waals surface area (Å²) in [7, 11) is 0. The molecule has 1 saturated carbocycles. The summed E-state index contributed by atoms with van der Waals surface area (Å²) in [5, 5.41) is 15.8. The highest BCUT2D eigenvalue weighted by atomic mass is 16.3. The Labute approximate surface area is 120 Å². The van der Waals surface area contributed by atoms with Crippen molar-refractivity contribution in [3.63, 3.8) is 0 Å². The minimum atomic E-state index is -0.0525. The van der Waals surface area contributed by atoms with E-state index in [4.69, 9.17) is 0 Å². The molecule has 1 aromatic carbocycles. The van der Waals surface area contributed by atoms with Crippen molar-refractivity contribution in [1.29, 1.82) is 0 Å². The van der Waals surface area contributed by atoms with Gasteiger partial charge in [-0.15, -0.1) is 0 Å². The number of hydrogen-bond acceptors (Lipinski definition) is 3. The van der Waals surface area contributed by atoms with E-state index in [0.29, 0.717) is 12.0 Å². The monoisotopic (exact) mass is 276 g/mol. The Balaban J connectivity index is 1.97. The number of aliphatic hydroxyl groups excluding tert-OH is 1. The number of amides is 1. The van der Waals surface area contributed by atoms with Crippen molar-refractivity contribution in [2.45, 2.75) is 45.2 Å². The largest absolute Gasteiger partial charge is 0.396 e. The predicted octanol–water partition coefficient (Wildman–Crippen LogP) is 2.29. The van der Waals surface area contributed by atoms with Crippen molar-refractivity contribution in [3.8, 4) is 0 Å². The summed E-state index contributed by atoms with van der Waals surface area (Å²) in [4.78, 5) is 11.2. The van der Waals surface area contributed by atoms with Crippen LogP contribution in [0.25, 0.3) is 0 Å². The van der Waals surface area contributed by atoms with Crippen LogP contribution in [0.5, 0.6) is 0 Å². The molecule has 2 unspecified atom stereocenters. The molecular weight excluding hydrogens is 252 g/mol. The fraction of sp³-hybridized carbons (Fsp3) is 0.562. The second-order valence-electron chi connectivity index (χ2n) is 5.55. The van der Waals surface area contributed by atoms with Crippen LogP contribution in [-0.2, 0) is 11.3 Å². The minimum absolute atomic E-state index is 0.0525. The van der Waals surface area contributed by atoms with E-state index in [0.717, 1.165) is 30.6 Å². The molecule has 1 fully saturated rings. The zero-order valence-electron chi connectivity index (χ0n) is 12.1. The molecule has 110 valence electrons. The summed E-state index contributed by atoms with van der Waals surface area (Å²) < 4.78 is 0. The molecular formula is C16H24N2O2. The first-order valence-corrected chi connectivity index (χ1v) is 7.40. The molecule has 0 spiro atoms. The molecule has 1 amide bonds. The molecule has 0 bridgehead atoms. The van der Waals surface area contributed by atoms with Gasteiger partial charge in [0.25, 0.3) is 0 Å². The summed E-state index contributed by atoms with van der Waals surface area (Å²) in [6.07, 6.45) is 4.66. The molecule has 20 heavy (non-hydrogen) atoms. The quantitative estimate of drug-likeness (QED) is 0.773. The number of rotatable bonds is 5. The third-order valence-electron chi connectivity index (χ3n) is 4.03. The first-order valence-electron chi connectivity index (χ1n) is 7.40. The van der Waals surface area contributed by atoms with Gasteiger partial charge in [-0.2, -0.15) is 0 Å². The van der Waals surface area contributed by atoms with Crippen LogP contribution in [-0.4, -0.2) is 23.7 Å². The molecule has 1 aliphatic carbocycles. The Hall–Kier alpha value is -1.39. The van der Waals surface area contributed by atoms with E-state index in [2.05, 4.69) is 10.6 Å². The van der Waals surface area contributed by atoms with Gasteiger partial charge in [-0.05, 0) is 30.4 Å². The van der Waals surface area contributed by atoms with Gasteiger partial charge in [0, 0.05) is 31.8 Å². The van der Waals surface area contributed by atoms with Crippen LogP contribution < -0.4 is 10.6 Å². The lowest BCUT2D eigenvalue weighted by molar-refractivity contribution is -0.114. The lowest BCUT2D eigenvalue weighted by Crippen LogP contribution is -2.39. The summed E-state index contributed by atoms with van der Waals surface area (Å²) in [5.41, 5.74) is 1.95. The van der Waals surface area contributed by atoms with E-state index >= 15 is 0 Å². The normalized spacial score (nSPS) is 22.5. The van der Waals surface area contributed by atoms with Crippen molar-refractivity contribution in [2.24, 2.45) is 5.92 Å². The van der Waals surface area contributed by atoms with Gasteiger partial charge in [0.05, 0.1) is 0 Å². The van der Waals surface area contributed by atoms with Crippen molar-refractivity contribution in [3.05, 3.63) is 29.8 Å². The van der Waals surface area contributed by atoms with Crippen molar-refractivity contribution in [1.82, 2.24) is 5.32 Å². The average molecular weight is 276 g/mol. The zero-order valence-corrected chi connectivity index (χ0v) is 12.1. The van der Waals surface area contributed by atoms with Crippen LogP contribution in [0.15, 0.2) is 24.3 Å².